The molecule has 0 saturated carbocycles. The fourth-order valence-corrected chi connectivity index (χ4v) is 2.78. The van der Waals surface area contributed by atoms with Gasteiger partial charge in [-0.3, -0.25) is 4.79 Å². The number of benzene rings is 2. The van der Waals surface area contributed by atoms with Crippen molar-refractivity contribution in [3.63, 3.8) is 0 Å². The molecule has 0 radical (unpaired) electrons. The number of nitrogens with zero attached hydrogens (tertiary/aromatic N) is 1. The van der Waals surface area contributed by atoms with Gasteiger partial charge in [-0.05, 0) is 48.4 Å². The van der Waals surface area contributed by atoms with Crippen molar-refractivity contribution in [2.24, 2.45) is 0 Å². The Morgan fingerprint density at radius 1 is 1.24 bits per heavy atom. The van der Waals surface area contributed by atoms with Crippen LogP contribution in [0, 0.1) is 6.92 Å². The molecular weight excluding hydrogens is 354 g/mol. The van der Waals surface area contributed by atoms with Gasteiger partial charge in [-0.15, -0.1) is 0 Å². The Morgan fingerprint density at radius 3 is 2.48 bits per heavy atom. The Kier molecular flexibility index (Phi) is 5.26. The summed E-state index contributed by atoms with van der Waals surface area (Å²) in [5.74, 6) is -0.867. The standard InChI is InChI=1S/C16H15BrClNO2/c1-11-2-3-12(15(17)8-11)9-19(10-16(20)21)14-6-4-13(18)5-7-14/h2-8H,9-10H2,1H3,(H,20,21). The minimum Gasteiger partial charge on any atom is -0.480 e. The molecule has 0 atom stereocenters. The summed E-state index contributed by atoms with van der Waals surface area (Å²) >= 11 is 9.41. The highest BCUT2D eigenvalue weighted by molar-refractivity contribution is 9.10. The average Bonchev–Trinajstić information content (AvgIpc) is 2.41. The number of aryl methyl sites for hydroxylation is 1. The van der Waals surface area contributed by atoms with Crippen molar-refractivity contribution < 1.29 is 9.90 Å². The molecule has 0 heterocycles. The van der Waals surface area contributed by atoms with Crippen molar-refractivity contribution in [1.82, 2.24) is 0 Å². The first-order valence-corrected chi connectivity index (χ1v) is 7.60. The first kappa shape index (κ1) is 15.9. The Morgan fingerprint density at radius 2 is 1.90 bits per heavy atom. The first-order valence-electron chi connectivity index (χ1n) is 6.43. The van der Waals surface area contributed by atoms with E-state index < -0.39 is 5.97 Å². The number of hydrogen-bond acceptors (Lipinski definition) is 2. The molecule has 0 fully saturated rings. The lowest BCUT2D eigenvalue weighted by molar-refractivity contribution is -0.135. The molecule has 0 spiro atoms. The lowest BCUT2D eigenvalue weighted by atomic mass is 10.1. The summed E-state index contributed by atoms with van der Waals surface area (Å²) in [4.78, 5) is 12.9. The molecule has 2 rings (SSSR count). The zero-order valence-electron chi connectivity index (χ0n) is 11.5. The van der Waals surface area contributed by atoms with Crippen molar-refractivity contribution in [3.05, 3.63) is 63.1 Å². The number of rotatable bonds is 5. The van der Waals surface area contributed by atoms with E-state index in [1.807, 2.05) is 37.3 Å². The molecule has 0 aromatic heterocycles. The molecule has 0 aliphatic carbocycles. The predicted molar refractivity (Wildman–Crippen MR) is 89.0 cm³/mol. The molecule has 110 valence electrons. The van der Waals surface area contributed by atoms with Crippen LogP contribution in [0.5, 0.6) is 0 Å². The molecule has 0 saturated heterocycles. The van der Waals surface area contributed by atoms with E-state index in [1.165, 1.54) is 0 Å². The highest BCUT2D eigenvalue weighted by Crippen LogP contribution is 2.24. The molecule has 3 nitrogen and oxygen atoms in total. The molecule has 0 aliphatic heterocycles. The molecule has 21 heavy (non-hydrogen) atoms. The summed E-state index contributed by atoms with van der Waals surface area (Å²) in [6.07, 6.45) is 0. The maximum absolute atomic E-state index is 11.1. The summed E-state index contributed by atoms with van der Waals surface area (Å²) in [5.41, 5.74) is 3.02. The van der Waals surface area contributed by atoms with Crippen LogP contribution in [0.2, 0.25) is 5.02 Å². The average molecular weight is 369 g/mol. The van der Waals surface area contributed by atoms with Crippen LogP contribution in [-0.4, -0.2) is 17.6 Å². The normalized spacial score (nSPS) is 10.4. The quantitative estimate of drug-likeness (QED) is 0.844. The van der Waals surface area contributed by atoms with Gasteiger partial charge >= 0.3 is 5.97 Å². The molecule has 5 heteroatoms. The van der Waals surface area contributed by atoms with Crippen LogP contribution in [0.3, 0.4) is 0 Å². The Bertz CT molecular complexity index is 643. The summed E-state index contributed by atoms with van der Waals surface area (Å²) < 4.78 is 0.979. The van der Waals surface area contributed by atoms with E-state index in [0.29, 0.717) is 11.6 Å². The zero-order chi connectivity index (χ0) is 15.4. The maximum atomic E-state index is 11.1. The van der Waals surface area contributed by atoms with Crippen LogP contribution >= 0.6 is 27.5 Å². The van der Waals surface area contributed by atoms with Gasteiger partial charge in [0.25, 0.3) is 0 Å². The smallest absolute Gasteiger partial charge is 0.323 e. The Hall–Kier alpha value is -1.52. The lowest BCUT2D eigenvalue weighted by Gasteiger charge is -2.23. The van der Waals surface area contributed by atoms with E-state index in [0.717, 1.165) is 21.3 Å². The third kappa shape index (κ3) is 4.48. The fourth-order valence-electron chi connectivity index (χ4n) is 2.04. The largest absolute Gasteiger partial charge is 0.480 e. The zero-order valence-corrected chi connectivity index (χ0v) is 13.9. The van der Waals surface area contributed by atoms with E-state index in [1.54, 1.807) is 17.0 Å². The molecule has 0 bridgehead atoms. The van der Waals surface area contributed by atoms with Crippen LogP contribution in [0.1, 0.15) is 11.1 Å². The van der Waals surface area contributed by atoms with Gasteiger partial charge in [-0.25, -0.2) is 0 Å². The fraction of sp³-hybridized carbons (Fsp3) is 0.188. The lowest BCUT2D eigenvalue weighted by Crippen LogP contribution is -2.29. The molecule has 1 N–H and O–H groups in total. The first-order chi connectivity index (χ1) is 9.95. The van der Waals surface area contributed by atoms with Crippen LogP contribution in [0.15, 0.2) is 46.9 Å². The number of aliphatic carboxylic acids is 1. The minimum absolute atomic E-state index is 0.0675. The van der Waals surface area contributed by atoms with Crippen molar-refractivity contribution in [2.75, 3.05) is 11.4 Å². The van der Waals surface area contributed by atoms with Crippen LogP contribution in [-0.2, 0) is 11.3 Å². The monoisotopic (exact) mass is 367 g/mol. The number of carboxylic acids is 1. The second-order valence-corrected chi connectivity index (χ2v) is 6.11. The van der Waals surface area contributed by atoms with Gasteiger partial charge in [-0.1, -0.05) is 39.7 Å². The van der Waals surface area contributed by atoms with Gasteiger partial charge in [0.15, 0.2) is 0 Å². The van der Waals surface area contributed by atoms with Crippen molar-refractivity contribution in [1.29, 1.82) is 0 Å². The molecule has 0 amide bonds. The molecule has 2 aromatic rings. The summed E-state index contributed by atoms with van der Waals surface area (Å²) in [6.45, 7) is 2.46. The van der Waals surface area contributed by atoms with Gasteiger partial charge < -0.3 is 10.0 Å². The SMILES string of the molecule is Cc1ccc(CN(CC(=O)O)c2ccc(Cl)cc2)c(Br)c1. The van der Waals surface area contributed by atoms with Gasteiger partial charge in [-0.2, -0.15) is 0 Å². The highest BCUT2D eigenvalue weighted by Gasteiger charge is 2.13. The summed E-state index contributed by atoms with van der Waals surface area (Å²) in [7, 11) is 0. The second kappa shape index (κ2) is 6.96. The van der Waals surface area contributed by atoms with Gasteiger partial charge in [0.1, 0.15) is 6.54 Å². The van der Waals surface area contributed by atoms with E-state index >= 15 is 0 Å². The summed E-state index contributed by atoms with van der Waals surface area (Å²) in [5, 5.41) is 9.74. The summed E-state index contributed by atoms with van der Waals surface area (Å²) in [6, 6.07) is 13.2. The molecule has 2 aromatic carbocycles. The maximum Gasteiger partial charge on any atom is 0.323 e. The molecular formula is C16H15BrClNO2. The van der Waals surface area contributed by atoms with Gasteiger partial charge in [0.2, 0.25) is 0 Å². The molecule has 0 aliphatic rings. The van der Waals surface area contributed by atoms with Gasteiger partial charge in [0, 0.05) is 21.7 Å². The third-order valence-electron chi connectivity index (χ3n) is 3.09. The highest BCUT2D eigenvalue weighted by atomic mass is 79.9. The number of halogens is 2. The Labute approximate surface area is 137 Å². The topological polar surface area (TPSA) is 40.5 Å². The number of carbonyl (C=O) groups is 1. The van der Waals surface area contributed by atoms with E-state index in [4.69, 9.17) is 16.7 Å². The van der Waals surface area contributed by atoms with Crippen molar-refractivity contribution >= 4 is 39.2 Å². The van der Waals surface area contributed by atoms with Gasteiger partial charge in [0.05, 0.1) is 0 Å². The van der Waals surface area contributed by atoms with E-state index in [9.17, 15) is 4.79 Å². The van der Waals surface area contributed by atoms with Crippen LogP contribution in [0.4, 0.5) is 5.69 Å². The van der Waals surface area contributed by atoms with E-state index in [-0.39, 0.29) is 6.54 Å². The van der Waals surface area contributed by atoms with E-state index in [2.05, 4.69) is 15.9 Å². The minimum atomic E-state index is -0.867. The van der Waals surface area contributed by atoms with Crippen LogP contribution in [0.25, 0.3) is 0 Å². The van der Waals surface area contributed by atoms with Crippen LogP contribution < -0.4 is 4.90 Å². The number of carboxylic acid groups (broad SMARTS) is 1. The van der Waals surface area contributed by atoms with Crippen molar-refractivity contribution in [3.8, 4) is 0 Å². The predicted octanol–water partition coefficient (Wildman–Crippen LogP) is 4.50. The molecule has 0 unspecified atom stereocenters. The second-order valence-electron chi connectivity index (χ2n) is 4.82. The Balaban J connectivity index is 2.27. The third-order valence-corrected chi connectivity index (χ3v) is 4.08. The van der Waals surface area contributed by atoms with Crippen molar-refractivity contribution in [2.45, 2.75) is 13.5 Å². The number of hydrogen-bond donors (Lipinski definition) is 1. The number of anilines is 1.